The quantitative estimate of drug-likeness (QED) is 0.842. The lowest BCUT2D eigenvalue weighted by atomic mass is 10.1. The Morgan fingerprint density at radius 2 is 1.76 bits per heavy atom. The predicted octanol–water partition coefficient (Wildman–Crippen LogP) is 3.62. The number of hydrogen-bond donors (Lipinski definition) is 2. The second-order valence-corrected chi connectivity index (χ2v) is 7.30. The van der Waals surface area contributed by atoms with E-state index in [0.717, 1.165) is 11.3 Å². The zero-order valence-electron chi connectivity index (χ0n) is 11.7. The smallest absolute Gasteiger partial charge is 0.175 e. The molecule has 0 aliphatic carbocycles. The molecule has 0 fully saturated rings. The second kappa shape index (κ2) is 5.95. The molecule has 1 atom stereocenters. The highest BCUT2D eigenvalue weighted by Gasteiger charge is 2.10. The topological polar surface area (TPSA) is 66.4 Å². The van der Waals surface area contributed by atoms with Crippen LogP contribution in [-0.4, -0.2) is 19.8 Å². The Hall–Kier alpha value is -1.72. The Labute approximate surface area is 129 Å². The van der Waals surface area contributed by atoms with Crippen LogP contribution >= 0.6 is 11.6 Å². The summed E-state index contributed by atoms with van der Waals surface area (Å²) in [4.78, 5) is 0.297. The highest BCUT2D eigenvalue weighted by Crippen LogP contribution is 2.28. The molecule has 0 bridgehead atoms. The lowest BCUT2D eigenvalue weighted by Crippen LogP contribution is -2.07. The van der Waals surface area contributed by atoms with Gasteiger partial charge in [0.1, 0.15) is 5.75 Å². The number of anilines is 1. The molecule has 2 rings (SSSR count). The van der Waals surface area contributed by atoms with E-state index in [0.29, 0.717) is 4.90 Å². The van der Waals surface area contributed by atoms with Crippen molar-refractivity contribution in [2.75, 3.05) is 11.6 Å². The van der Waals surface area contributed by atoms with Crippen molar-refractivity contribution < 1.29 is 13.5 Å². The number of hydrogen-bond acceptors (Lipinski definition) is 4. The lowest BCUT2D eigenvalue weighted by molar-refractivity contribution is 0.475. The van der Waals surface area contributed by atoms with Crippen molar-refractivity contribution in [1.82, 2.24) is 0 Å². The molecular weight excluding hydrogens is 310 g/mol. The van der Waals surface area contributed by atoms with Gasteiger partial charge in [-0.3, -0.25) is 0 Å². The molecule has 0 heterocycles. The molecule has 0 radical (unpaired) electrons. The van der Waals surface area contributed by atoms with Crippen LogP contribution in [0.5, 0.6) is 5.75 Å². The van der Waals surface area contributed by atoms with Crippen LogP contribution in [0.4, 0.5) is 5.69 Å². The van der Waals surface area contributed by atoms with Crippen LogP contribution in [0.25, 0.3) is 0 Å². The van der Waals surface area contributed by atoms with Crippen molar-refractivity contribution in [3.63, 3.8) is 0 Å². The SMILES string of the molecule is CC(Nc1ccc(O)c(Cl)c1)c1ccc(S(C)(=O)=O)cc1. The highest BCUT2D eigenvalue weighted by atomic mass is 35.5. The third-order valence-corrected chi connectivity index (χ3v) is 4.57. The van der Waals surface area contributed by atoms with Crippen LogP contribution in [0.2, 0.25) is 5.02 Å². The summed E-state index contributed by atoms with van der Waals surface area (Å²) in [6.07, 6.45) is 1.18. The molecule has 2 aromatic carbocycles. The number of halogens is 1. The third-order valence-electron chi connectivity index (χ3n) is 3.14. The van der Waals surface area contributed by atoms with Crippen molar-refractivity contribution in [3.8, 4) is 5.75 Å². The van der Waals surface area contributed by atoms with Gasteiger partial charge in [0.05, 0.1) is 9.92 Å². The average molecular weight is 326 g/mol. The van der Waals surface area contributed by atoms with E-state index in [-0.39, 0.29) is 16.8 Å². The molecule has 0 amide bonds. The van der Waals surface area contributed by atoms with Gasteiger partial charge in [-0.25, -0.2) is 8.42 Å². The zero-order valence-corrected chi connectivity index (χ0v) is 13.2. The molecule has 2 N–H and O–H groups in total. The molecule has 4 nitrogen and oxygen atoms in total. The molecule has 21 heavy (non-hydrogen) atoms. The highest BCUT2D eigenvalue weighted by molar-refractivity contribution is 7.90. The fourth-order valence-electron chi connectivity index (χ4n) is 1.93. The monoisotopic (exact) mass is 325 g/mol. The van der Waals surface area contributed by atoms with Gasteiger partial charge >= 0.3 is 0 Å². The van der Waals surface area contributed by atoms with E-state index in [1.54, 1.807) is 36.4 Å². The maximum Gasteiger partial charge on any atom is 0.175 e. The predicted molar refractivity (Wildman–Crippen MR) is 84.7 cm³/mol. The summed E-state index contributed by atoms with van der Waals surface area (Å²) in [5.74, 6) is 0.0346. The number of rotatable bonds is 4. The summed E-state index contributed by atoms with van der Waals surface area (Å²) in [6, 6.07) is 11.6. The van der Waals surface area contributed by atoms with Gasteiger partial charge in [-0.1, -0.05) is 23.7 Å². The minimum atomic E-state index is -3.18. The summed E-state index contributed by atoms with van der Waals surface area (Å²) in [6.45, 7) is 1.95. The molecule has 0 aromatic heterocycles. The Balaban J connectivity index is 2.16. The minimum Gasteiger partial charge on any atom is -0.506 e. The largest absolute Gasteiger partial charge is 0.506 e. The first-order valence-electron chi connectivity index (χ1n) is 6.32. The van der Waals surface area contributed by atoms with E-state index >= 15 is 0 Å². The molecule has 2 aromatic rings. The summed E-state index contributed by atoms with van der Waals surface area (Å²) in [5.41, 5.74) is 1.73. The van der Waals surface area contributed by atoms with Crippen molar-refractivity contribution in [2.24, 2.45) is 0 Å². The van der Waals surface area contributed by atoms with E-state index in [4.69, 9.17) is 11.6 Å². The molecule has 0 aliphatic rings. The van der Waals surface area contributed by atoms with Gasteiger partial charge in [0.15, 0.2) is 9.84 Å². The maximum atomic E-state index is 11.4. The zero-order chi connectivity index (χ0) is 15.6. The Morgan fingerprint density at radius 1 is 1.14 bits per heavy atom. The Morgan fingerprint density at radius 3 is 2.29 bits per heavy atom. The summed E-state index contributed by atoms with van der Waals surface area (Å²) >= 11 is 5.86. The molecule has 6 heteroatoms. The Kier molecular flexibility index (Phi) is 4.44. The normalized spacial score (nSPS) is 12.9. The number of phenols is 1. The molecule has 0 saturated carbocycles. The van der Waals surface area contributed by atoms with E-state index < -0.39 is 9.84 Å². The summed E-state index contributed by atoms with van der Waals surface area (Å²) in [7, 11) is -3.18. The first-order valence-corrected chi connectivity index (χ1v) is 8.59. The molecular formula is C15H16ClNO3S. The van der Waals surface area contributed by atoms with Gasteiger partial charge < -0.3 is 10.4 Å². The van der Waals surface area contributed by atoms with Gasteiger partial charge in [-0.2, -0.15) is 0 Å². The summed E-state index contributed by atoms with van der Waals surface area (Å²) < 4.78 is 22.8. The van der Waals surface area contributed by atoms with E-state index in [1.165, 1.54) is 12.3 Å². The van der Waals surface area contributed by atoms with E-state index in [1.807, 2.05) is 6.92 Å². The fraction of sp³-hybridized carbons (Fsp3) is 0.200. The van der Waals surface area contributed by atoms with Gasteiger partial charge in [-0.15, -0.1) is 0 Å². The maximum absolute atomic E-state index is 11.4. The summed E-state index contributed by atoms with van der Waals surface area (Å²) in [5, 5.41) is 12.9. The molecule has 1 unspecified atom stereocenters. The van der Waals surface area contributed by atoms with Crippen LogP contribution < -0.4 is 5.32 Å². The fourth-order valence-corrected chi connectivity index (χ4v) is 2.74. The van der Waals surface area contributed by atoms with Gasteiger partial charge in [0, 0.05) is 18.0 Å². The van der Waals surface area contributed by atoms with Crippen LogP contribution in [-0.2, 0) is 9.84 Å². The van der Waals surface area contributed by atoms with Gasteiger partial charge in [0.2, 0.25) is 0 Å². The first-order chi connectivity index (χ1) is 9.77. The number of nitrogens with one attached hydrogen (secondary N) is 1. The van der Waals surface area contributed by atoms with Crippen LogP contribution in [0, 0.1) is 0 Å². The van der Waals surface area contributed by atoms with Gasteiger partial charge in [-0.05, 0) is 42.8 Å². The molecule has 0 aliphatic heterocycles. The van der Waals surface area contributed by atoms with E-state index in [9.17, 15) is 13.5 Å². The second-order valence-electron chi connectivity index (χ2n) is 4.87. The van der Waals surface area contributed by atoms with Crippen LogP contribution in [0.15, 0.2) is 47.4 Å². The van der Waals surface area contributed by atoms with Crippen molar-refractivity contribution in [3.05, 3.63) is 53.1 Å². The van der Waals surface area contributed by atoms with E-state index in [2.05, 4.69) is 5.32 Å². The Bertz CT molecular complexity index is 742. The number of benzene rings is 2. The molecule has 112 valence electrons. The molecule has 0 spiro atoms. The van der Waals surface area contributed by atoms with Crippen LogP contribution in [0.1, 0.15) is 18.5 Å². The number of aromatic hydroxyl groups is 1. The van der Waals surface area contributed by atoms with Crippen molar-refractivity contribution in [1.29, 1.82) is 0 Å². The minimum absolute atomic E-state index is 0.0285. The first kappa shape index (κ1) is 15.7. The van der Waals surface area contributed by atoms with Crippen LogP contribution in [0.3, 0.4) is 0 Å². The van der Waals surface area contributed by atoms with Crippen molar-refractivity contribution in [2.45, 2.75) is 17.9 Å². The standard InChI is InChI=1S/C15H16ClNO3S/c1-10(17-12-5-8-15(18)14(16)9-12)11-3-6-13(7-4-11)21(2,19)20/h3-10,17-18H,1-2H3. The average Bonchev–Trinajstić information content (AvgIpc) is 2.42. The number of sulfone groups is 1. The lowest BCUT2D eigenvalue weighted by Gasteiger charge is -2.16. The molecule has 0 saturated heterocycles. The van der Waals surface area contributed by atoms with Crippen molar-refractivity contribution >= 4 is 27.1 Å². The number of phenolic OH excluding ortho intramolecular Hbond substituents is 1. The third kappa shape index (κ3) is 3.89. The van der Waals surface area contributed by atoms with Gasteiger partial charge in [0.25, 0.3) is 0 Å².